The van der Waals surface area contributed by atoms with Gasteiger partial charge in [-0.05, 0) is 6.42 Å². The summed E-state index contributed by atoms with van der Waals surface area (Å²) in [5.74, 6) is 0.144. The first-order chi connectivity index (χ1) is 6.16. The summed E-state index contributed by atoms with van der Waals surface area (Å²) in [6, 6.07) is 0. The van der Waals surface area contributed by atoms with E-state index in [1.165, 1.54) is 0 Å². The predicted molar refractivity (Wildman–Crippen MR) is 45.9 cm³/mol. The maximum Gasteiger partial charge on any atom is 0.157 e. The zero-order chi connectivity index (χ0) is 9.42. The number of likely N-dealkylation sites (tertiary alicyclic amines) is 1. The van der Waals surface area contributed by atoms with E-state index >= 15 is 0 Å². The fourth-order valence-electron chi connectivity index (χ4n) is 1.83. The second-order valence-electron chi connectivity index (χ2n) is 3.64. The molecule has 1 heterocycles. The molecule has 72 valence electrons. The Morgan fingerprint density at radius 3 is 2.31 bits per heavy atom. The number of hydrogen-bond acceptors (Lipinski definition) is 4. The smallest absolute Gasteiger partial charge is 0.157 e. The number of ketones is 1. The minimum Gasteiger partial charge on any atom is -0.389 e. The van der Waals surface area contributed by atoms with Gasteiger partial charge in [0.05, 0.1) is 12.2 Å². The topological polar surface area (TPSA) is 60.8 Å². The highest BCUT2D eigenvalue weighted by Gasteiger charge is 2.31. The van der Waals surface area contributed by atoms with Gasteiger partial charge in [0, 0.05) is 31.3 Å². The number of carbonyl (C=O) groups is 1. The molecule has 2 rings (SSSR count). The van der Waals surface area contributed by atoms with Crippen molar-refractivity contribution < 1.29 is 15.0 Å². The highest BCUT2D eigenvalue weighted by molar-refractivity contribution is 5.92. The third-order valence-corrected chi connectivity index (χ3v) is 2.62. The molecule has 4 nitrogen and oxygen atoms in total. The van der Waals surface area contributed by atoms with Crippen LogP contribution in [-0.2, 0) is 4.79 Å². The molecule has 1 fully saturated rings. The van der Waals surface area contributed by atoms with Crippen molar-refractivity contribution in [2.24, 2.45) is 0 Å². The first-order valence-electron chi connectivity index (χ1n) is 4.51. The van der Waals surface area contributed by atoms with E-state index in [0.717, 1.165) is 12.1 Å². The lowest BCUT2D eigenvalue weighted by Crippen LogP contribution is -2.22. The predicted octanol–water partition coefficient (Wildman–Crippen LogP) is -0.729. The van der Waals surface area contributed by atoms with Crippen LogP contribution in [0.1, 0.15) is 12.8 Å². The molecule has 1 aliphatic carbocycles. The van der Waals surface area contributed by atoms with E-state index in [9.17, 15) is 15.0 Å². The molecule has 0 aromatic carbocycles. The van der Waals surface area contributed by atoms with Gasteiger partial charge in [0.1, 0.15) is 0 Å². The van der Waals surface area contributed by atoms with Crippen LogP contribution < -0.4 is 0 Å². The molecule has 0 bridgehead atoms. The SMILES string of the molecule is O=C1C=C(N2CC(O)C(O)C2)CC1. The second kappa shape index (κ2) is 3.12. The lowest BCUT2D eigenvalue weighted by Gasteiger charge is -2.17. The van der Waals surface area contributed by atoms with Crippen LogP contribution in [0.25, 0.3) is 0 Å². The maximum absolute atomic E-state index is 10.9. The summed E-state index contributed by atoms with van der Waals surface area (Å²) in [6.45, 7) is 0.889. The zero-order valence-electron chi connectivity index (χ0n) is 7.31. The molecule has 13 heavy (non-hydrogen) atoms. The van der Waals surface area contributed by atoms with Gasteiger partial charge in [0.2, 0.25) is 0 Å². The van der Waals surface area contributed by atoms with Gasteiger partial charge in [0.25, 0.3) is 0 Å². The van der Waals surface area contributed by atoms with Crippen molar-refractivity contribution in [1.29, 1.82) is 0 Å². The average Bonchev–Trinajstić information content (AvgIpc) is 2.61. The fourth-order valence-corrected chi connectivity index (χ4v) is 1.83. The first-order valence-corrected chi connectivity index (χ1v) is 4.51. The molecule has 0 amide bonds. The van der Waals surface area contributed by atoms with E-state index in [2.05, 4.69) is 0 Å². The van der Waals surface area contributed by atoms with Crippen LogP contribution in [0, 0.1) is 0 Å². The Bertz CT molecular complexity index is 252. The van der Waals surface area contributed by atoms with Crippen LogP contribution in [0.2, 0.25) is 0 Å². The van der Waals surface area contributed by atoms with Gasteiger partial charge in [-0.3, -0.25) is 4.79 Å². The van der Waals surface area contributed by atoms with Gasteiger partial charge in [0.15, 0.2) is 5.78 Å². The summed E-state index contributed by atoms with van der Waals surface area (Å²) in [4.78, 5) is 12.8. The number of aliphatic hydroxyl groups is 2. The lowest BCUT2D eigenvalue weighted by molar-refractivity contribution is -0.114. The standard InChI is InChI=1S/C9H13NO3/c11-7-2-1-6(3-7)10-4-8(12)9(13)5-10/h3,8-9,12-13H,1-2,4-5H2. The molecule has 0 aromatic heterocycles. The monoisotopic (exact) mass is 183 g/mol. The summed E-state index contributed by atoms with van der Waals surface area (Å²) in [5, 5.41) is 18.6. The molecule has 1 aliphatic heterocycles. The van der Waals surface area contributed by atoms with E-state index in [1.807, 2.05) is 4.90 Å². The molecule has 0 spiro atoms. The molecule has 2 N–H and O–H groups in total. The van der Waals surface area contributed by atoms with E-state index in [1.54, 1.807) is 6.08 Å². The van der Waals surface area contributed by atoms with E-state index in [0.29, 0.717) is 19.5 Å². The average molecular weight is 183 g/mol. The molecule has 0 saturated carbocycles. The second-order valence-corrected chi connectivity index (χ2v) is 3.64. The third-order valence-electron chi connectivity index (χ3n) is 2.62. The van der Waals surface area contributed by atoms with Crippen LogP contribution in [0.3, 0.4) is 0 Å². The number of aliphatic hydroxyl groups excluding tert-OH is 2. The number of allylic oxidation sites excluding steroid dienone is 2. The Kier molecular flexibility index (Phi) is 2.09. The molecular weight excluding hydrogens is 170 g/mol. The molecule has 0 aromatic rings. The van der Waals surface area contributed by atoms with Gasteiger partial charge in [-0.2, -0.15) is 0 Å². The summed E-state index contributed by atoms with van der Waals surface area (Å²) >= 11 is 0. The molecule has 0 radical (unpaired) electrons. The normalized spacial score (nSPS) is 34.2. The van der Waals surface area contributed by atoms with Gasteiger partial charge in [-0.15, -0.1) is 0 Å². The van der Waals surface area contributed by atoms with Crippen molar-refractivity contribution in [3.8, 4) is 0 Å². The first kappa shape index (κ1) is 8.72. The van der Waals surface area contributed by atoms with Crippen molar-refractivity contribution in [3.63, 3.8) is 0 Å². The minimum absolute atomic E-state index is 0.144. The Morgan fingerprint density at radius 2 is 1.85 bits per heavy atom. The van der Waals surface area contributed by atoms with E-state index < -0.39 is 12.2 Å². The highest BCUT2D eigenvalue weighted by Crippen LogP contribution is 2.23. The van der Waals surface area contributed by atoms with Gasteiger partial charge >= 0.3 is 0 Å². The van der Waals surface area contributed by atoms with Crippen LogP contribution in [0.4, 0.5) is 0 Å². The van der Waals surface area contributed by atoms with Gasteiger partial charge < -0.3 is 15.1 Å². The van der Waals surface area contributed by atoms with Gasteiger partial charge in [-0.25, -0.2) is 0 Å². The minimum atomic E-state index is -0.670. The Hall–Kier alpha value is -0.870. The quantitative estimate of drug-likeness (QED) is 0.562. The molecule has 1 saturated heterocycles. The van der Waals surface area contributed by atoms with Crippen LogP contribution in [0.5, 0.6) is 0 Å². The molecular formula is C9H13NO3. The lowest BCUT2D eigenvalue weighted by atomic mass is 10.3. The van der Waals surface area contributed by atoms with Crippen molar-refractivity contribution in [2.45, 2.75) is 25.0 Å². The Balaban J connectivity index is 2.04. The van der Waals surface area contributed by atoms with Crippen molar-refractivity contribution >= 4 is 5.78 Å². The summed E-state index contributed by atoms with van der Waals surface area (Å²) in [6.07, 6.45) is 1.59. The Morgan fingerprint density at radius 1 is 1.23 bits per heavy atom. The molecule has 2 atom stereocenters. The number of β-amino-alcohol motifs (C(OH)–C–C–N with tert-alkyl or cyclic N) is 2. The largest absolute Gasteiger partial charge is 0.389 e. The molecule has 2 unspecified atom stereocenters. The van der Waals surface area contributed by atoms with Gasteiger partial charge in [-0.1, -0.05) is 0 Å². The van der Waals surface area contributed by atoms with Crippen LogP contribution >= 0.6 is 0 Å². The zero-order valence-corrected chi connectivity index (χ0v) is 7.31. The summed E-state index contributed by atoms with van der Waals surface area (Å²) in [7, 11) is 0. The van der Waals surface area contributed by atoms with Crippen molar-refractivity contribution in [1.82, 2.24) is 4.90 Å². The van der Waals surface area contributed by atoms with Crippen molar-refractivity contribution in [3.05, 3.63) is 11.8 Å². The fraction of sp³-hybridized carbons (Fsp3) is 0.667. The number of rotatable bonds is 1. The third kappa shape index (κ3) is 1.59. The number of hydrogen-bond donors (Lipinski definition) is 2. The van der Waals surface area contributed by atoms with E-state index in [4.69, 9.17) is 0 Å². The van der Waals surface area contributed by atoms with Crippen LogP contribution in [0.15, 0.2) is 11.8 Å². The number of carbonyl (C=O) groups excluding carboxylic acids is 1. The Labute approximate surface area is 76.5 Å². The number of nitrogens with zero attached hydrogens (tertiary/aromatic N) is 1. The molecule has 2 aliphatic rings. The molecule has 4 heteroatoms. The maximum atomic E-state index is 10.9. The summed E-state index contributed by atoms with van der Waals surface area (Å²) < 4.78 is 0. The van der Waals surface area contributed by atoms with Crippen molar-refractivity contribution in [2.75, 3.05) is 13.1 Å². The highest BCUT2D eigenvalue weighted by atomic mass is 16.3. The summed E-state index contributed by atoms with van der Waals surface area (Å²) in [5.41, 5.74) is 0.959. The van der Waals surface area contributed by atoms with Crippen LogP contribution in [-0.4, -0.2) is 46.2 Å². The van der Waals surface area contributed by atoms with E-state index in [-0.39, 0.29) is 5.78 Å².